The Balaban J connectivity index is 2.56. The molecule has 0 aromatic heterocycles. The lowest BCUT2D eigenvalue weighted by Gasteiger charge is -2.16. The topological polar surface area (TPSA) is 72.5 Å². The Morgan fingerprint density at radius 2 is 2.25 bits per heavy atom. The van der Waals surface area contributed by atoms with Gasteiger partial charge < -0.3 is 15.6 Å². The van der Waals surface area contributed by atoms with Crippen LogP contribution in [0.25, 0.3) is 0 Å². The van der Waals surface area contributed by atoms with Crippen LogP contribution in [0.15, 0.2) is 12.1 Å². The van der Waals surface area contributed by atoms with E-state index in [9.17, 15) is 4.79 Å². The van der Waals surface area contributed by atoms with Crippen molar-refractivity contribution in [3.8, 4) is 5.75 Å². The number of carboxylic acid groups (broad SMARTS) is 1. The molecule has 0 spiro atoms. The summed E-state index contributed by atoms with van der Waals surface area (Å²) in [7, 11) is 1.54. The highest BCUT2D eigenvalue weighted by Gasteiger charge is 2.26. The zero-order valence-corrected chi connectivity index (χ0v) is 9.19. The molecule has 0 radical (unpaired) electrons. The lowest BCUT2D eigenvalue weighted by atomic mass is 9.96. The Labute approximate surface area is 94.0 Å². The maximum atomic E-state index is 11.0. The van der Waals surface area contributed by atoms with Crippen LogP contribution in [0.5, 0.6) is 5.75 Å². The number of hydrogen-bond donors (Lipinski definition) is 2. The number of carboxylic acids is 1. The van der Waals surface area contributed by atoms with Crippen LogP contribution in [-0.2, 0) is 17.6 Å². The molecule has 0 saturated heterocycles. The third-order valence-corrected chi connectivity index (χ3v) is 3.08. The molecule has 0 bridgehead atoms. The Morgan fingerprint density at radius 3 is 2.88 bits per heavy atom. The van der Waals surface area contributed by atoms with Crippen LogP contribution in [0, 0.1) is 0 Å². The number of aryl methyl sites for hydroxylation is 1. The predicted molar refractivity (Wildman–Crippen MR) is 59.6 cm³/mol. The molecule has 1 aliphatic carbocycles. The first-order chi connectivity index (χ1) is 7.65. The minimum atomic E-state index is -1.02. The van der Waals surface area contributed by atoms with Crippen molar-refractivity contribution < 1.29 is 14.6 Å². The summed E-state index contributed by atoms with van der Waals surface area (Å²) >= 11 is 0. The van der Waals surface area contributed by atoms with Crippen molar-refractivity contribution in [2.45, 2.75) is 25.3 Å². The Hall–Kier alpha value is -1.55. The van der Waals surface area contributed by atoms with Gasteiger partial charge in [-0.15, -0.1) is 0 Å². The van der Waals surface area contributed by atoms with Crippen LogP contribution in [0.1, 0.15) is 29.2 Å². The van der Waals surface area contributed by atoms with Gasteiger partial charge >= 0.3 is 5.97 Å². The largest absolute Gasteiger partial charge is 0.496 e. The average Bonchev–Trinajstić information content (AvgIpc) is 2.74. The molecule has 0 aliphatic heterocycles. The summed E-state index contributed by atoms with van der Waals surface area (Å²) in [6, 6.07) is 2.81. The molecule has 0 heterocycles. The van der Waals surface area contributed by atoms with Crippen molar-refractivity contribution in [1.82, 2.24) is 0 Å². The fourth-order valence-corrected chi connectivity index (χ4v) is 2.32. The molecule has 0 fully saturated rings. The summed E-state index contributed by atoms with van der Waals surface area (Å²) in [5.41, 5.74) is 8.62. The van der Waals surface area contributed by atoms with E-state index in [0.29, 0.717) is 11.3 Å². The molecule has 4 nitrogen and oxygen atoms in total. The number of carbonyl (C=O) groups is 1. The molecular weight excluding hydrogens is 206 g/mol. The monoisotopic (exact) mass is 221 g/mol. The van der Waals surface area contributed by atoms with Gasteiger partial charge in [0.1, 0.15) is 11.8 Å². The molecule has 0 amide bonds. The van der Waals surface area contributed by atoms with Gasteiger partial charge in [-0.05, 0) is 36.5 Å². The van der Waals surface area contributed by atoms with Gasteiger partial charge in [0.05, 0.1) is 7.11 Å². The van der Waals surface area contributed by atoms with E-state index in [2.05, 4.69) is 0 Å². The SMILES string of the molecule is COc1ccc2c(c1C(N)C(=O)O)CCC2. The van der Waals surface area contributed by atoms with Crippen molar-refractivity contribution in [1.29, 1.82) is 0 Å². The first kappa shape index (κ1) is 11.0. The quantitative estimate of drug-likeness (QED) is 0.806. The van der Waals surface area contributed by atoms with E-state index in [-0.39, 0.29) is 0 Å². The molecule has 4 heteroatoms. The minimum absolute atomic E-state index is 0.579. The van der Waals surface area contributed by atoms with Gasteiger partial charge in [-0.3, -0.25) is 4.79 Å². The van der Waals surface area contributed by atoms with Gasteiger partial charge in [0.2, 0.25) is 0 Å². The summed E-state index contributed by atoms with van der Waals surface area (Å²) in [5.74, 6) is -0.436. The van der Waals surface area contributed by atoms with E-state index < -0.39 is 12.0 Å². The van der Waals surface area contributed by atoms with Crippen molar-refractivity contribution in [3.05, 3.63) is 28.8 Å². The second-order valence-electron chi connectivity index (χ2n) is 3.99. The van der Waals surface area contributed by atoms with E-state index >= 15 is 0 Å². The van der Waals surface area contributed by atoms with Crippen molar-refractivity contribution in [3.63, 3.8) is 0 Å². The highest BCUT2D eigenvalue weighted by Crippen LogP contribution is 2.35. The molecule has 86 valence electrons. The number of aliphatic carboxylic acids is 1. The van der Waals surface area contributed by atoms with Gasteiger partial charge in [-0.25, -0.2) is 0 Å². The Kier molecular flexibility index (Phi) is 2.83. The number of benzene rings is 1. The molecule has 1 aromatic carbocycles. The van der Waals surface area contributed by atoms with Crippen LogP contribution in [0.3, 0.4) is 0 Å². The molecule has 3 N–H and O–H groups in total. The van der Waals surface area contributed by atoms with Crippen LogP contribution in [0.2, 0.25) is 0 Å². The smallest absolute Gasteiger partial charge is 0.325 e. The first-order valence-electron chi connectivity index (χ1n) is 5.32. The summed E-state index contributed by atoms with van der Waals surface area (Å²) in [4.78, 5) is 11.0. The van der Waals surface area contributed by atoms with Gasteiger partial charge in [-0.2, -0.15) is 0 Å². The van der Waals surface area contributed by atoms with E-state index in [0.717, 1.165) is 24.8 Å². The van der Waals surface area contributed by atoms with E-state index in [1.165, 1.54) is 12.7 Å². The summed E-state index contributed by atoms with van der Waals surface area (Å²) in [6.45, 7) is 0. The summed E-state index contributed by atoms with van der Waals surface area (Å²) in [6.07, 6.45) is 2.95. The van der Waals surface area contributed by atoms with Crippen LogP contribution < -0.4 is 10.5 Å². The number of nitrogens with two attached hydrogens (primary N) is 1. The number of ether oxygens (including phenoxy) is 1. The zero-order chi connectivity index (χ0) is 11.7. The molecule has 1 unspecified atom stereocenters. The molecule has 1 atom stereocenters. The van der Waals surface area contributed by atoms with Gasteiger partial charge in [0.15, 0.2) is 0 Å². The third-order valence-electron chi connectivity index (χ3n) is 3.08. The molecule has 16 heavy (non-hydrogen) atoms. The molecular formula is C12H15NO3. The number of rotatable bonds is 3. The van der Waals surface area contributed by atoms with Gasteiger partial charge in [0.25, 0.3) is 0 Å². The highest BCUT2D eigenvalue weighted by molar-refractivity contribution is 5.77. The normalized spacial score (nSPS) is 15.6. The average molecular weight is 221 g/mol. The maximum Gasteiger partial charge on any atom is 0.325 e. The van der Waals surface area contributed by atoms with E-state index in [1.807, 2.05) is 12.1 Å². The van der Waals surface area contributed by atoms with Crippen LogP contribution in [0.4, 0.5) is 0 Å². The first-order valence-corrected chi connectivity index (χ1v) is 5.32. The fraction of sp³-hybridized carbons (Fsp3) is 0.417. The second-order valence-corrected chi connectivity index (χ2v) is 3.99. The number of methoxy groups -OCH3 is 1. The Bertz CT molecular complexity index is 429. The van der Waals surface area contributed by atoms with Crippen LogP contribution >= 0.6 is 0 Å². The molecule has 1 aliphatic rings. The zero-order valence-electron chi connectivity index (χ0n) is 9.19. The van der Waals surface area contributed by atoms with Gasteiger partial charge in [-0.1, -0.05) is 6.07 Å². The molecule has 2 rings (SSSR count). The van der Waals surface area contributed by atoms with Crippen LogP contribution in [-0.4, -0.2) is 18.2 Å². The van der Waals surface area contributed by atoms with E-state index in [1.54, 1.807) is 0 Å². The van der Waals surface area contributed by atoms with Crippen molar-refractivity contribution in [2.75, 3.05) is 7.11 Å². The fourth-order valence-electron chi connectivity index (χ4n) is 2.32. The number of fused-ring (bicyclic) bond motifs is 1. The van der Waals surface area contributed by atoms with Crippen molar-refractivity contribution in [2.24, 2.45) is 5.73 Å². The summed E-state index contributed by atoms with van der Waals surface area (Å²) < 4.78 is 5.20. The standard InChI is InChI=1S/C12H15NO3/c1-16-9-6-5-7-3-2-4-8(7)10(9)11(13)12(14)15/h5-6,11H,2-4,13H2,1H3,(H,14,15). The minimum Gasteiger partial charge on any atom is -0.496 e. The lowest BCUT2D eigenvalue weighted by Crippen LogP contribution is -2.23. The Morgan fingerprint density at radius 1 is 1.50 bits per heavy atom. The van der Waals surface area contributed by atoms with E-state index in [4.69, 9.17) is 15.6 Å². The number of hydrogen-bond acceptors (Lipinski definition) is 3. The van der Waals surface area contributed by atoms with Crippen molar-refractivity contribution >= 4 is 5.97 Å². The maximum absolute atomic E-state index is 11.0. The predicted octanol–water partition coefficient (Wildman–Crippen LogP) is 1.27. The third kappa shape index (κ3) is 1.65. The molecule has 1 aromatic rings. The second kappa shape index (κ2) is 4.14. The highest BCUT2D eigenvalue weighted by atomic mass is 16.5. The summed E-state index contributed by atoms with van der Waals surface area (Å²) in [5, 5.41) is 9.01. The lowest BCUT2D eigenvalue weighted by molar-refractivity contribution is -0.138. The molecule has 0 saturated carbocycles. The van der Waals surface area contributed by atoms with Gasteiger partial charge in [0, 0.05) is 5.56 Å².